The highest BCUT2D eigenvalue weighted by Gasteiger charge is 2.22. The van der Waals surface area contributed by atoms with Gasteiger partial charge in [0.05, 0.1) is 5.69 Å². The second-order valence-electron chi connectivity index (χ2n) is 6.17. The van der Waals surface area contributed by atoms with Crippen LogP contribution in [0, 0.1) is 18.6 Å². The van der Waals surface area contributed by atoms with Crippen molar-refractivity contribution in [2.24, 2.45) is 0 Å². The summed E-state index contributed by atoms with van der Waals surface area (Å²) in [5.41, 5.74) is 1.87. The topological polar surface area (TPSA) is 35.6 Å². The third kappa shape index (κ3) is 4.07. The Balaban J connectivity index is 1.51. The highest BCUT2D eigenvalue weighted by Crippen LogP contribution is 2.20. The number of nitrogens with zero attached hydrogens (tertiary/aromatic N) is 2. The summed E-state index contributed by atoms with van der Waals surface area (Å²) in [5.74, 6) is -0.521. The number of carbonyl (C=O) groups is 1. The van der Waals surface area contributed by atoms with E-state index >= 15 is 0 Å². The molecule has 0 spiro atoms. The molecule has 132 valence electrons. The van der Waals surface area contributed by atoms with Crippen LogP contribution in [-0.2, 0) is 6.54 Å². The van der Waals surface area contributed by atoms with Crippen molar-refractivity contribution in [1.82, 2.24) is 10.2 Å². The molecule has 0 unspecified atom stereocenters. The molecule has 0 saturated carbocycles. The predicted octanol–water partition coefficient (Wildman–Crippen LogP) is 3.31. The highest BCUT2D eigenvalue weighted by molar-refractivity contribution is 5.74. The van der Waals surface area contributed by atoms with Gasteiger partial charge in [-0.3, -0.25) is 0 Å². The molecule has 25 heavy (non-hydrogen) atoms. The number of para-hydroxylation sites is 1. The van der Waals surface area contributed by atoms with Crippen molar-refractivity contribution in [2.75, 3.05) is 31.1 Å². The lowest BCUT2D eigenvalue weighted by Gasteiger charge is -2.36. The molecular weight excluding hydrogens is 324 g/mol. The summed E-state index contributed by atoms with van der Waals surface area (Å²) >= 11 is 0. The van der Waals surface area contributed by atoms with E-state index in [2.05, 4.69) is 5.32 Å². The number of hydrogen-bond acceptors (Lipinski definition) is 2. The van der Waals surface area contributed by atoms with Crippen LogP contribution in [0.2, 0.25) is 0 Å². The standard InChI is InChI=1S/C19H21F2N3O/c1-14-6-7-15(12-17(14)21)13-22-19(25)24-10-8-23(9-11-24)18-5-3-2-4-16(18)20/h2-7,12H,8-11,13H2,1H3,(H,22,25). The van der Waals surface area contributed by atoms with Gasteiger partial charge in [0.1, 0.15) is 11.6 Å². The van der Waals surface area contributed by atoms with E-state index in [0.29, 0.717) is 37.4 Å². The van der Waals surface area contributed by atoms with Crippen molar-refractivity contribution < 1.29 is 13.6 Å². The molecule has 0 aliphatic carbocycles. The van der Waals surface area contributed by atoms with Gasteiger partial charge < -0.3 is 15.1 Å². The minimum absolute atomic E-state index is 0.186. The first-order valence-electron chi connectivity index (χ1n) is 8.32. The minimum atomic E-state index is -0.273. The normalized spacial score (nSPS) is 14.5. The Morgan fingerprint density at radius 1 is 1.04 bits per heavy atom. The van der Waals surface area contributed by atoms with Gasteiger partial charge in [0.2, 0.25) is 0 Å². The maximum Gasteiger partial charge on any atom is 0.317 e. The van der Waals surface area contributed by atoms with Crippen LogP contribution in [0.1, 0.15) is 11.1 Å². The van der Waals surface area contributed by atoms with Crippen LogP contribution in [-0.4, -0.2) is 37.1 Å². The maximum atomic E-state index is 13.8. The summed E-state index contributed by atoms with van der Waals surface area (Å²) in [6.07, 6.45) is 0. The van der Waals surface area contributed by atoms with E-state index in [1.165, 1.54) is 12.1 Å². The molecule has 3 rings (SSSR count). The van der Waals surface area contributed by atoms with Crippen LogP contribution in [0.3, 0.4) is 0 Å². The van der Waals surface area contributed by atoms with Crippen LogP contribution in [0.15, 0.2) is 42.5 Å². The molecule has 0 bridgehead atoms. The van der Waals surface area contributed by atoms with Gasteiger partial charge >= 0.3 is 6.03 Å². The molecule has 2 amide bonds. The number of halogens is 2. The van der Waals surface area contributed by atoms with Gasteiger partial charge in [0, 0.05) is 32.7 Å². The van der Waals surface area contributed by atoms with E-state index in [0.717, 1.165) is 5.56 Å². The second kappa shape index (κ2) is 7.51. The van der Waals surface area contributed by atoms with E-state index in [1.54, 1.807) is 42.2 Å². The molecule has 1 saturated heterocycles. The first-order valence-corrected chi connectivity index (χ1v) is 8.32. The molecule has 0 radical (unpaired) electrons. The molecule has 0 atom stereocenters. The largest absolute Gasteiger partial charge is 0.366 e. The monoisotopic (exact) mass is 345 g/mol. The Bertz CT molecular complexity index is 758. The summed E-state index contributed by atoms with van der Waals surface area (Å²) in [5, 5.41) is 2.81. The number of amides is 2. The van der Waals surface area contributed by atoms with Crippen LogP contribution >= 0.6 is 0 Å². The molecule has 1 aliphatic heterocycles. The fourth-order valence-electron chi connectivity index (χ4n) is 2.89. The Morgan fingerprint density at radius 3 is 2.44 bits per heavy atom. The third-order valence-corrected chi connectivity index (χ3v) is 4.44. The molecule has 2 aromatic carbocycles. The first-order chi connectivity index (χ1) is 12.0. The van der Waals surface area contributed by atoms with Gasteiger partial charge in [-0.25, -0.2) is 13.6 Å². The molecule has 1 fully saturated rings. The number of piperazine rings is 1. The first kappa shape index (κ1) is 17.2. The molecular formula is C19H21F2N3O. The SMILES string of the molecule is Cc1ccc(CNC(=O)N2CCN(c3ccccc3F)CC2)cc1F. The summed E-state index contributed by atoms with van der Waals surface area (Å²) in [6.45, 7) is 4.17. The van der Waals surface area contributed by atoms with Crippen molar-refractivity contribution in [3.05, 3.63) is 65.2 Å². The van der Waals surface area contributed by atoms with Crippen molar-refractivity contribution in [3.8, 4) is 0 Å². The Kier molecular flexibility index (Phi) is 5.16. The summed E-state index contributed by atoms with van der Waals surface area (Å²) in [7, 11) is 0. The number of rotatable bonds is 3. The lowest BCUT2D eigenvalue weighted by Crippen LogP contribution is -2.51. The smallest absolute Gasteiger partial charge is 0.317 e. The van der Waals surface area contributed by atoms with Gasteiger partial charge in [-0.15, -0.1) is 0 Å². The van der Waals surface area contributed by atoms with Gasteiger partial charge in [0.25, 0.3) is 0 Å². The highest BCUT2D eigenvalue weighted by atomic mass is 19.1. The zero-order valence-electron chi connectivity index (χ0n) is 14.1. The van der Waals surface area contributed by atoms with Crippen molar-refractivity contribution in [2.45, 2.75) is 13.5 Å². The average molecular weight is 345 g/mol. The van der Waals surface area contributed by atoms with Gasteiger partial charge in [-0.05, 0) is 36.2 Å². The summed E-state index contributed by atoms with van der Waals surface area (Å²) < 4.78 is 27.4. The molecule has 0 aromatic heterocycles. The van der Waals surface area contributed by atoms with E-state index in [4.69, 9.17) is 0 Å². The fourth-order valence-corrected chi connectivity index (χ4v) is 2.89. The molecule has 1 heterocycles. The molecule has 6 heteroatoms. The zero-order valence-corrected chi connectivity index (χ0v) is 14.1. The minimum Gasteiger partial charge on any atom is -0.366 e. The fraction of sp³-hybridized carbons (Fsp3) is 0.316. The number of urea groups is 1. The number of nitrogens with one attached hydrogen (secondary N) is 1. The lowest BCUT2D eigenvalue weighted by molar-refractivity contribution is 0.194. The quantitative estimate of drug-likeness (QED) is 0.926. The van der Waals surface area contributed by atoms with Gasteiger partial charge in [0.15, 0.2) is 0 Å². The van der Waals surface area contributed by atoms with Crippen molar-refractivity contribution in [3.63, 3.8) is 0 Å². The molecule has 1 aliphatic rings. The van der Waals surface area contributed by atoms with E-state index in [1.807, 2.05) is 4.90 Å². The Hall–Kier alpha value is -2.63. The average Bonchev–Trinajstić information content (AvgIpc) is 2.63. The third-order valence-electron chi connectivity index (χ3n) is 4.44. The lowest BCUT2D eigenvalue weighted by atomic mass is 10.1. The van der Waals surface area contributed by atoms with Crippen LogP contribution in [0.25, 0.3) is 0 Å². The van der Waals surface area contributed by atoms with E-state index < -0.39 is 0 Å². The zero-order chi connectivity index (χ0) is 17.8. The second-order valence-corrected chi connectivity index (χ2v) is 6.17. The van der Waals surface area contributed by atoms with Crippen molar-refractivity contribution in [1.29, 1.82) is 0 Å². The number of benzene rings is 2. The van der Waals surface area contributed by atoms with Crippen LogP contribution in [0.5, 0.6) is 0 Å². The number of aryl methyl sites for hydroxylation is 1. The van der Waals surface area contributed by atoms with Gasteiger partial charge in [-0.2, -0.15) is 0 Å². The van der Waals surface area contributed by atoms with Crippen LogP contribution < -0.4 is 10.2 Å². The Morgan fingerprint density at radius 2 is 1.76 bits per heavy atom. The van der Waals surface area contributed by atoms with Gasteiger partial charge in [-0.1, -0.05) is 24.3 Å². The number of anilines is 1. The number of hydrogen-bond donors (Lipinski definition) is 1. The Labute approximate surface area is 146 Å². The van der Waals surface area contributed by atoms with E-state index in [-0.39, 0.29) is 24.2 Å². The maximum absolute atomic E-state index is 13.8. The molecule has 1 N–H and O–H groups in total. The summed E-state index contributed by atoms with van der Waals surface area (Å²) in [6, 6.07) is 11.4. The molecule has 2 aromatic rings. The summed E-state index contributed by atoms with van der Waals surface area (Å²) in [4.78, 5) is 15.9. The predicted molar refractivity (Wildman–Crippen MR) is 93.6 cm³/mol. The van der Waals surface area contributed by atoms with Crippen LogP contribution in [0.4, 0.5) is 19.3 Å². The van der Waals surface area contributed by atoms with Crippen molar-refractivity contribution >= 4 is 11.7 Å². The van der Waals surface area contributed by atoms with E-state index in [9.17, 15) is 13.6 Å². The molecule has 4 nitrogen and oxygen atoms in total. The number of carbonyl (C=O) groups excluding carboxylic acids is 1.